The number of allylic oxidation sites excluding steroid dienone is 1. The summed E-state index contributed by atoms with van der Waals surface area (Å²) in [5.74, 6) is -0.351. The SMILES string of the molecule is C=C=C(CC(=C)C)C(=O)OCC. The number of hydrogen-bond acceptors (Lipinski definition) is 2. The summed E-state index contributed by atoms with van der Waals surface area (Å²) in [4.78, 5) is 11.1. The Labute approximate surface area is 73.2 Å². The van der Waals surface area contributed by atoms with E-state index >= 15 is 0 Å². The van der Waals surface area contributed by atoms with Crippen molar-refractivity contribution in [3.05, 3.63) is 30.0 Å². The Bertz CT molecular complexity index is 232. The molecule has 0 aromatic rings. The molecule has 2 nitrogen and oxygen atoms in total. The third kappa shape index (κ3) is 3.79. The van der Waals surface area contributed by atoms with Crippen molar-refractivity contribution in [3.63, 3.8) is 0 Å². The van der Waals surface area contributed by atoms with Crippen LogP contribution in [0.1, 0.15) is 20.3 Å². The molecular formula is C10H14O2. The van der Waals surface area contributed by atoms with Crippen LogP contribution in [-0.2, 0) is 9.53 Å². The summed E-state index contributed by atoms with van der Waals surface area (Å²) in [5.41, 5.74) is 3.90. The number of rotatable bonds is 4. The Morgan fingerprint density at radius 3 is 2.50 bits per heavy atom. The van der Waals surface area contributed by atoms with Gasteiger partial charge in [0.15, 0.2) is 0 Å². The van der Waals surface area contributed by atoms with Gasteiger partial charge in [0.1, 0.15) is 0 Å². The van der Waals surface area contributed by atoms with Crippen molar-refractivity contribution < 1.29 is 9.53 Å². The highest BCUT2D eigenvalue weighted by molar-refractivity contribution is 5.88. The lowest BCUT2D eigenvalue weighted by Crippen LogP contribution is -2.07. The Morgan fingerprint density at radius 1 is 1.58 bits per heavy atom. The molecule has 2 heteroatoms. The van der Waals surface area contributed by atoms with Gasteiger partial charge in [-0.15, -0.1) is 5.73 Å². The largest absolute Gasteiger partial charge is 0.462 e. The van der Waals surface area contributed by atoms with Crippen molar-refractivity contribution in [3.8, 4) is 0 Å². The van der Waals surface area contributed by atoms with Crippen LogP contribution in [0.2, 0.25) is 0 Å². The van der Waals surface area contributed by atoms with Gasteiger partial charge in [0.2, 0.25) is 0 Å². The van der Waals surface area contributed by atoms with Crippen LogP contribution in [0.3, 0.4) is 0 Å². The van der Waals surface area contributed by atoms with Gasteiger partial charge in [-0.2, -0.15) is 0 Å². The Balaban J connectivity index is 4.27. The summed E-state index contributed by atoms with van der Waals surface area (Å²) in [5, 5.41) is 0. The van der Waals surface area contributed by atoms with Gasteiger partial charge in [-0.1, -0.05) is 18.7 Å². The summed E-state index contributed by atoms with van der Waals surface area (Å²) in [6.45, 7) is 11.1. The van der Waals surface area contributed by atoms with E-state index in [1.807, 2.05) is 6.92 Å². The summed E-state index contributed by atoms with van der Waals surface area (Å²) in [6, 6.07) is 0. The highest BCUT2D eigenvalue weighted by atomic mass is 16.5. The molecule has 0 N–H and O–H groups in total. The van der Waals surface area contributed by atoms with Crippen molar-refractivity contribution in [2.75, 3.05) is 6.61 Å². The van der Waals surface area contributed by atoms with Gasteiger partial charge >= 0.3 is 5.97 Å². The lowest BCUT2D eigenvalue weighted by molar-refractivity contribution is -0.138. The minimum Gasteiger partial charge on any atom is -0.462 e. The zero-order valence-electron chi connectivity index (χ0n) is 7.64. The number of hydrogen-bond donors (Lipinski definition) is 0. The van der Waals surface area contributed by atoms with Crippen LogP contribution in [-0.4, -0.2) is 12.6 Å². The average molecular weight is 166 g/mol. The first-order valence-electron chi connectivity index (χ1n) is 3.82. The second kappa shape index (κ2) is 5.39. The van der Waals surface area contributed by atoms with Crippen LogP contribution in [0, 0.1) is 0 Å². The van der Waals surface area contributed by atoms with Gasteiger partial charge in [-0.3, -0.25) is 0 Å². The second-order valence-corrected chi connectivity index (χ2v) is 2.51. The van der Waals surface area contributed by atoms with Crippen molar-refractivity contribution in [2.45, 2.75) is 20.3 Å². The van der Waals surface area contributed by atoms with E-state index in [0.29, 0.717) is 18.6 Å². The van der Waals surface area contributed by atoms with Gasteiger partial charge in [-0.05, 0) is 13.8 Å². The van der Waals surface area contributed by atoms with E-state index in [9.17, 15) is 4.79 Å². The van der Waals surface area contributed by atoms with Gasteiger partial charge in [0.05, 0.1) is 12.2 Å². The topological polar surface area (TPSA) is 26.3 Å². The van der Waals surface area contributed by atoms with Crippen LogP contribution < -0.4 is 0 Å². The van der Waals surface area contributed by atoms with Crippen LogP contribution in [0.15, 0.2) is 30.0 Å². The van der Waals surface area contributed by atoms with E-state index in [1.54, 1.807) is 6.92 Å². The molecular weight excluding hydrogens is 152 g/mol. The zero-order chi connectivity index (χ0) is 9.56. The number of carbonyl (C=O) groups is 1. The number of carbonyl (C=O) groups excluding carboxylic acids is 1. The Kier molecular flexibility index (Phi) is 4.82. The zero-order valence-corrected chi connectivity index (χ0v) is 7.64. The van der Waals surface area contributed by atoms with Gasteiger partial charge in [-0.25, -0.2) is 4.79 Å². The van der Waals surface area contributed by atoms with Crippen molar-refractivity contribution >= 4 is 5.97 Å². The molecule has 66 valence electrons. The van der Waals surface area contributed by atoms with Crippen LogP contribution in [0.5, 0.6) is 0 Å². The maximum Gasteiger partial charge on any atom is 0.342 e. The highest BCUT2D eigenvalue weighted by Gasteiger charge is 2.08. The molecule has 0 rings (SSSR count). The van der Waals surface area contributed by atoms with Gasteiger partial charge < -0.3 is 4.74 Å². The maximum atomic E-state index is 11.1. The minimum absolute atomic E-state index is 0.351. The molecule has 0 amide bonds. The molecule has 0 aliphatic rings. The fraction of sp³-hybridized carbons (Fsp3) is 0.400. The number of esters is 1. The molecule has 0 aromatic heterocycles. The molecule has 0 bridgehead atoms. The van der Waals surface area contributed by atoms with E-state index in [-0.39, 0.29) is 5.97 Å². The quantitative estimate of drug-likeness (QED) is 0.277. The molecule has 0 spiro atoms. The maximum absolute atomic E-state index is 11.1. The Hall–Kier alpha value is -1.27. The monoisotopic (exact) mass is 166 g/mol. The fourth-order valence-corrected chi connectivity index (χ4v) is 0.727. The molecule has 0 heterocycles. The van der Waals surface area contributed by atoms with Crippen molar-refractivity contribution in [2.24, 2.45) is 0 Å². The molecule has 0 aromatic carbocycles. The van der Waals surface area contributed by atoms with E-state index in [0.717, 1.165) is 5.57 Å². The van der Waals surface area contributed by atoms with Gasteiger partial charge in [0, 0.05) is 6.42 Å². The van der Waals surface area contributed by atoms with E-state index in [2.05, 4.69) is 18.9 Å². The smallest absolute Gasteiger partial charge is 0.342 e. The molecule has 0 unspecified atom stereocenters. The average Bonchev–Trinajstić information content (AvgIpc) is 2.00. The van der Waals surface area contributed by atoms with Crippen molar-refractivity contribution in [1.82, 2.24) is 0 Å². The molecule has 0 atom stereocenters. The molecule has 0 radical (unpaired) electrons. The minimum atomic E-state index is -0.351. The normalized spacial score (nSPS) is 8.50. The summed E-state index contributed by atoms with van der Waals surface area (Å²) in [6.07, 6.45) is 0.488. The lowest BCUT2D eigenvalue weighted by Gasteiger charge is -2.03. The first-order valence-corrected chi connectivity index (χ1v) is 3.82. The Morgan fingerprint density at radius 2 is 2.17 bits per heavy atom. The van der Waals surface area contributed by atoms with Crippen molar-refractivity contribution in [1.29, 1.82) is 0 Å². The predicted molar refractivity (Wildman–Crippen MR) is 48.7 cm³/mol. The molecule has 0 saturated carbocycles. The predicted octanol–water partition coefficient (Wildman–Crippen LogP) is 2.23. The summed E-state index contributed by atoms with van der Waals surface area (Å²) < 4.78 is 4.78. The lowest BCUT2D eigenvalue weighted by atomic mass is 10.1. The molecule has 0 saturated heterocycles. The van der Waals surface area contributed by atoms with Crippen LogP contribution in [0.25, 0.3) is 0 Å². The third-order valence-corrected chi connectivity index (χ3v) is 1.21. The van der Waals surface area contributed by atoms with E-state index < -0.39 is 0 Å². The standard InChI is InChI=1S/C10H14O2/c1-5-9(7-8(3)4)10(11)12-6-2/h1,3,6-7H2,2,4H3. The first-order chi connectivity index (χ1) is 5.61. The van der Waals surface area contributed by atoms with E-state index in [1.165, 1.54) is 0 Å². The van der Waals surface area contributed by atoms with Crippen LogP contribution >= 0.6 is 0 Å². The van der Waals surface area contributed by atoms with Crippen LogP contribution in [0.4, 0.5) is 0 Å². The summed E-state index contributed by atoms with van der Waals surface area (Å²) in [7, 11) is 0. The molecule has 0 aliphatic carbocycles. The first kappa shape index (κ1) is 10.7. The number of ether oxygens (including phenoxy) is 1. The molecule has 0 aliphatic heterocycles. The fourth-order valence-electron chi connectivity index (χ4n) is 0.727. The third-order valence-electron chi connectivity index (χ3n) is 1.21. The van der Waals surface area contributed by atoms with E-state index in [4.69, 9.17) is 4.74 Å². The highest BCUT2D eigenvalue weighted by Crippen LogP contribution is 2.08. The molecule has 0 fully saturated rings. The van der Waals surface area contributed by atoms with Gasteiger partial charge in [0.25, 0.3) is 0 Å². The summed E-state index contributed by atoms with van der Waals surface area (Å²) >= 11 is 0. The molecule has 12 heavy (non-hydrogen) atoms. The second-order valence-electron chi connectivity index (χ2n) is 2.51.